The first-order valence-electron chi connectivity index (χ1n) is 27.0. The minimum atomic E-state index is -0.791. The number of unbranched alkanes of at least 4 members (excludes halogenated alkanes) is 16. The lowest BCUT2D eigenvalue weighted by atomic mass is 10.1. The number of carbonyl (C=O) groups is 3. The van der Waals surface area contributed by atoms with Crippen LogP contribution >= 0.6 is 0 Å². The van der Waals surface area contributed by atoms with E-state index >= 15 is 0 Å². The van der Waals surface area contributed by atoms with Crippen LogP contribution in [0.5, 0.6) is 0 Å². The molecule has 0 radical (unpaired) electrons. The van der Waals surface area contributed by atoms with Crippen molar-refractivity contribution in [3.05, 3.63) is 122 Å². The number of allylic oxidation sites excluding steroid dienone is 20. The standard InChI is InChI=1S/C61H98O6/c1-4-7-10-13-15-17-19-20-21-22-23-24-25-26-27-28-29-30-31-32-33-34-35-36-37-38-39-40-42-43-45-48-51-54-60(63)66-57-58(56-65-59(62)53-50-47-12-9-6-3)67-61(64)55-52-49-46-44-41-18-16-14-11-8-5-2/h7,10,15,17,20-21,23-24,26-27,29-30,32-33,35-36,38-39,42-43,58H,4-6,8-9,11-14,16,18-19,22,25,28,31,34,37,40-41,44-57H2,1-3H3/b10-7-,17-15-,21-20-,24-23-,27-26-,30-29-,33-32-,36-35-,39-38-,43-42-. The molecule has 1 atom stereocenters. The van der Waals surface area contributed by atoms with E-state index in [9.17, 15) is 14.4 Å². The fraction of sp³-hybridized carbons (Fsp3) is 0.623. The van der Waals surface area contributed by atoms with Crippen LogP contribution in [0.1, 0.15) is 226 Å². The number of ether oxygens (including phenoxy) is 3. The van der Waals surface area contributed by atoms with E-state index < -0.39 is 6.10 Å². The summed E-state index contributed by atoms with van der Waals surface area (Å²) in [7, 11) is 0. The second-order valence-electron chi connectivity index (χ2n) is 17.4. The van der Waals surface area contributed by atoms with Crippen LogP contribution in [0.3, 0.4) is 0 Å². The monoisotopic (exact) mass is 927 g/mol. The molecule has 6 nitrogen and oxygen atoms in total. The van der Waals surface area contributed by atoms with E-state index in [2.05, 4.69) is 142 Å². The van der Waals surface area contributed by atoms with Crippen molar-refractivity contribution in [1.82, 2.24) is 0 Å². The molecule has 0 aliphatic carbocycles. The Kier molecular flexibility index (Phi) is 51.0. The van der Waals surface area contributed by atoms with Crippen LogP contribution < -0.4 is 0 Å². The molecule has 0 aromatic rings. The molecule has 0 N–H and O–H groups in total. The minimum absolute atomic E-state index is 0.0930. The molecule has 0 amide bonds. The van der Waals surface area contributed by atoms with Gasteiger partial charge in [0.05, 0.1) is 0 Å². The van der Waals surface area contributed by atoms with Gasteiger partial charge in [0.15, 0.2) is 6.10 Å². The van der Waals surface area contributed by atoms with Gasteiger partial charge in [-0.15, -0.1) is 0 Å². The van der Waals surface area contributed by atoms with Crippen molar-refractivity contribution < 1.29 is 28.6 Å². The second-order valence-corrected chi connectivity index (χ2v) is 17.4. The summed E-state index contributed by atoms with van der Waals surface area (Å²) in [4.78, 5) is 37.6. The number of esters is 3. The van der Waals surface area contributed by atoms with E-state index in [1.165, 1.54) is 51.4 Å². The Balaban J connectivity index is 4.16. The van der Waals surface area contributed by atoms with Gasteiger partial charge in [-0.25, -0.2) is 0 Å². The van der Waals surface area contributed by atoms with Crippen LogP contribution in [-0.2, 0) is 28.6 Å². The molecule has 0 bridgehead atoms. The smallest absolute Gasteiger partial charge is 0.306 e. The van der Waals surface area contributed by atoms with Crippen LogP contribution in [0.2, 0.25) is 0 Å². The maximum Gasteiger partial charge on any atom is 0.306 e. The lowest BCUT2D eigenvalue weighted by Crippen LogP contribution is -2.30. The number of hydrogen-bond donors (Lipinski definition) is 0. The summed E-state index contributed by atoms with van der Waals surface area (Å²) in [5, 5.41) is 0. The summed E-state index contributed by atoms with van der Waals surface area (Å²) in [6, 6.07) is 0. The highest BCUT2D eigenvalue weighted by molar-refractivity contribution is 5.71. The molecule has 1 unspecified atom stereocenters. The van der Waals surface area contributed by atoms with Crippen molar-refractivity contribution in [2.75, 3.05) is 13.2 Å². The Labute approximate surface area is 412 Å². The molecule has 0 aliphatic rings. The summed E-state index contributed by atoms with van der Waals surface area (Å²) in [6.07, 6.45) is 75.3. The first-order chi connectivity index (χ1) is 33.0. The first-order valence-corrected chi connectivity index (χ1v) is 27.0. The molecule has 0 aromatic heterocycles. The zero-order chi connectivity index (χ0) is 48.6. The van der Waals surface area contributed by atoms with E-state index in [0.717, 1.165) is 135 Å². The Bertz CT molecular complexity index is 1440. The van der Waals surface area contributed by atoms with Gasteiger partial charge < -0.3 is 14.2 Å². The topological polar surface area (TPSA) is 78.9 Å². The normalized spacial score (nSPS) is 13.1. The number of carbonyl (C=O) groups excluding carboxylic acids is 3. The molecule has 0 fully saturated rings. The fourth-order valence-corrected chi connectivity index (χ4v) is 6.94. The average Bonchev–Trinajstić information content (AvgIpc) is 3.33. The molecular formula is C61H98O6. The lowest BCUT2D eigenvalue weighted by molar-refractivity contribution is -0.167. The van der Waals surface area contributed by atoms with Gasteiger partial charge in [0.2, 0.25) is 0 Å². The van der Waals surface area contributed by atoms with E-state index in [-0.39, 0.29) is 31.1 Å². The third-order valence-corrected chi connectivity index (χ3v) is 11.0. The maximum absolute atomic E-state index is 12.7. The third kappa shape index (κ3) is 52.6. The highest BCUT2D eigenvalue weighted by atomic mass is 16.6. The zero-order valence-corrected chi connectivity index (χ0v) is 43.1. The quantitative estimate of drug-likeness (QED) is 0.0262. The summed E-state index contributed by atoms with van der Waals surface area (Å²) >= 11 is 0. The SMILES string of the molecule is CC/C=C\C/C=C\C/C=C\C/C=C\C/C=C\C/C=C\C/C=C\C/C=C\C/C=C\C/C=C\CCCCC(=O)OCC(COC(=O)CCCCCCC)OC(=O)CCCCCCCCCCCCC. The van der Waals surface area contributed by atoms with Gasteiger partial charge in [0.25, 0.3) is 0 Å². The van der Waals surface area contributed by atoms with Crippen molar-refractivity contribution in [3.8, 4) is 0 Å². The van der Waals surface area contributed by atoms with Crippen LogP contribution in [0.4, 0.5) is 0 Å². The minimum Gasteiger partial charge on any atom is -0.462 e. The highest BCUT2D eigenvalue weighted by Crippen LogP contribution is 2.14. The predicted octanol–water partition coefficient (Wildman–Crippen LogP) is 18.1. The van der Waals surface area contributed by atoms with Crippen LogP contribution in [-0.4, -0.2) is 37.2 Å². The molecule has 0 spiro atoms. The van der Waals surface area contributed by atoms with Gasteiger partial charge in [-0.3, -0.25) is 14.4 Å². The summed E-state index contributed by atoms with van der Waals surface area (Å²) in [6.45, 7) is 6.37. The van der Waals surface area contributed by atoms with E-state index in [1.54, 1.807) is 0 Å². The zero-order valence-electron chi connectivity index (χ0n) is 43.1. The van der Waals surface area contributed by atoms with Crippen LogP contribution in [0, 0.1) is 0 Å². The predicted molar refractivity (Wildman–Crippen MR) is 288 cm³/mol. The average molecular weight is 927 g/mol. The van der Waals surface area contributed by atoms with Crippen molar-refractivity contribution in [1.29, 1.82) is 0 Å². The maximum atomic E-state index is 12.7. The number of rotatable bonds is 47. The van der Waals surface area contributed by atoms with Gasteiger partial charge in [0, 0.05) is 19.3 Å². The van der Waals surface area contributed by atoms with E-state index in [4.69, 9.17) is 14.2 Å². The van der Waals surface area contributed by atoms with Gasteiger partial charge in [-0.05, 0) is 96.3 Å². The Morgan fingerprint density at radius 1 is 0.313 bits per heavy atom. The van der Waals surface area contributed by atoms with Gasteiger partial charge in [-0.1, -0.05) is 232 Å². The number of hydrogen-bond acceptors (Lipinski definition) is 6. The summed E-state index contributed by atoms with van der Waals surface area (Å²) in [5.41, 5.74) is 0. The van der Waals surface area contributed by atoms with Gasteiger partial charge in [-0.2, -0.15) is 0 Å². The van der Waals surface area contributed by atoms with Gasteiger partial charge in [0.1, 0.15) is 13.2 Å². The van der Waals surface area contributed by atoms with Crippen LogP contribution in [0.25, 0.3) is 0 Å². The highest BCUT2D eigenvalue weighted by Gasteiger charge is 2.19. The van der Waals surface area contributed by atoms with E-state index in [1.807, 2.05) is 0 Å². The third-order valence-electron chi connectivity index (χ3n) is 11.0. The molecule has 0 heterocycles. The summed E-state index contributed by atoms with van der Waals surface area (Å²) < 4.78 is 16.6. The molecule has 6 heteroatoms. The molecule has 0 saturated heterocycles. The Hall–Kier alpha value is -4.19. The van der Waals surface area contributed by atoms with Crippen LogP contribution in [0.15, 0.2) is 122 Å². The molecule has 378 valence electrons. The molecule has 0 rings (SSSR count). The van der Waals surface area contributed by atoms with Crippen molar-refractivity contribution >= 4 is 17.9 Å². The largest absolute Gasteiger partial charge is 0.462 e. The van der Waals surface area contributed by atoms with Crippen molar-refractivity contribution in [3.63, 3.8) is 0 Å². The molecular weight excluding hydrogens is 829 g/mol. The second kappa shape index (κ2) is 54.4. The lowest BCUT2D eigenvalue weighted by Gasteiger charge is -2.18. The Morgan fingerprint density at radius 2 is 0.582 bits per heavy atom. The molecule has 0 aliphatic heterocycles. The molecule has 0 aromatic carbocycles. The first kappa shape index (κ1) is 62.8. The van der Waals surface area contributed by atoms with E-state index in [0.29, 0.717) is 19.3 Å². The Morgan fingerprint density at radius 3 is 0.910 bits per heavy atom. The molecule has 0 saturated carbocycles. The fourth-order valence-electron chi connectivity index (χ4n) is 6.94. The summed E-state index contributed by atoms with van der Waals surface area (Å²) in [5.74, 6) is -0.960. The van der Waals surface area contributed by atoms with Crippen molar-refractivity contribution in [2.24, 2.45) is 0 Å². The van der Waals surface area contributed by atoms with Crippen molar-refractivity contribution in [2.45, 2.75) is 232 Å². The molecule has 67 heavy (non-hydrogen) atoms. The van der Waals surface area contributed by atoms with Gasteiger partial charge >= 0.3 is 17.9 Å².